The molecule has 0 radical (unpaired) electrons. The Balaban J connectivity index is 1.44. The quantitative estimate of drug-likeness (QED) is 0.480. The number of carbonyl (C=O) groups excluding carboxylic acids is 4. The van der Waals surface area contributed by atoms with Gasteiger partial charge in [0.15, 0.2) is 13.2 Å². The number of fused-ring (bicyclic) bond motifs is 1. The smallest absolute Gasteiger partial charge is 0.344 e. The molecule has 6 atom stereocenters. The topological polar surface area (TPSA) is 105 Å². The van der Waals surface area contributed by atoms with Gasteiger partial charge in [0.05, 0.1) is 11.8 Å². The minimum absolute atomic E-state index is 0.0968. The van der Waals surface area contributed by atoms with Crippen molar-refractivity contribution in [2.45, 2.75) is 58.2 Å². The van der Waals surface area contributed by atoms with Crippen LogP contribution in [0.25, 0.3) is 0 Å². The molecule has 0 aromatic rings. The highest BCUT2D eigenvalue weighted by atomic mass is 16.6. The number of rotatable bonds is 7. The van der Waals surface area contributed by atoms with Crippen LogP contribution in [0.1, 0.15) is 46.0 Å². The van der Waals surface area contributed by atoms with E-state index in [1.807, 2.05) is 6.92 Å². The highest BCUT2D eigenvalue weighted by molar-refractivity contribution is 5.80. The van der Waals surface area contributed by atoms with Gasteiger partial charge in [-0.05, 0) is 38.0 Å². The molecule has 0 spiro atoms. The predicted octanol–water partition coefficient (Wildman–Crippen LogP) is 1.39. The predicted molar refractivity (Wildman–Crippen MR) is 90.1 cm³/mol. The van der Waals surface area contributed by atoms with Crippen LogP contribution in [0.2, 0.25) is 0 Å². The molecule has 4 aliphatic rings. The standard InChI is InChI=1S/C19H26O8/c1-3-10(2)18(22)25-8-15(20)24-9-16(21)27-17-12-4-11-5-13(7-12)19(23)26-14(17)6-11/h10-14,17H,3-9H2,1-2H3. The fraction of sp³-hybridized carbons (Fsp3) is 0.789. The van der Waals surface area contributed by atoms with Crippen LogP contribution < -0.4 is 0 Å². The minimum Gasteiger partial charge on any atom is -0.458 e. The Kier molecular flexibility index (Phi) is 6.01. The second-order valence-corrected chi connectivity index (χ2v) is 7.77. The number of ether oxygens (including phenoxy) is 4. The van der Waals surface area contributed by atoms with Gasteiger partial charge in [0.25, 0.3) is 0 Å². The van der Waals surface area contributed by atoms with Crippen molar-refractivity contribution >= 4 is 23.9 Å². The molecule has 4 rings (SSSR count). The van der Waals surface area contributed by atoms with Crippen LogP contribution in [-0.4, -0.2) is 49.3 Å². The summed E-state index contributed by atoms with van der Waals surface area (Å²) in [5.74, 6) is -2.02. The molecule has 8 heteroatoms. The molecule has 2 heterocycles. The van der Waals surface area contributed by atoms with Gasteiger partial charge >= 0.3 is 23.9 Å². The summed E-state index contributed by atoms with van der Waals surface area (Å²) in [5.41, 5.74) is 0. The second-order valence-electron chi connectivity index (χ2n) is 7.77. The van der Waals surface area contributed by atoms with Crippen molar-refractivity contribution in [3.05, 3.63) is 0 Å². The summed E-state index contributed by atoms with van der Waals surface area (Å²) in [4.78, 5) is 47.2. The Morgan fingerprint density at radius 1 is 1.07 bits per heavy atom. The number of hydrogen-bond donors (Lipinski definition) is 0. The Labute approximate surface area is 157 Å². The van der Waals surface area contributed by atoms with Crippen LogP contribution in [0.15, 0.2) is 0 Å². The molecule has 6 unspecified atom stereocenters. The fourth-order valence-electron chi connectivity index (χ4n) is 4.24. The molecule has 2 saturated carbocycles. The first-order valence-corrected chi connectivity index (χ1v) is 9.59. The molecular formula is C19H26O8. The normalized spacial score (nSPS) is 32.2. The molecule has 27 heavy (non-hydrogen) atoms. The van der Waals surface area contributed by atoms with Gasteiger partial charge in [0.2, 0.25) is 0 Å². The van der Waals surface area contributed by atoms with E-state index in [-0.39, 0.29) is 23.7 Å². The van der Waals surface area contributed by atoms with Gasteiger partial charge < -0.3 is 18.9 Å². The van der Waals surface area contributed by atoms with Crippen molar-refractivity contribution < 1.29 is 38.1 Å². The molecule has 0 aromatic carbocycles. The fourth-order valence-corrected chi connectivity index (χ4v) is 4.24. The molecule has 0 aromatic heterocycles. The van der Waals surface area contributed by atoms with Gasteiger partial charge in [-0.2, -0.15) is 0 Å². The molecule has 4 bridgehead atoms. The largest absolute Gasteiger partial charge is 0.458 e. The van der Waals surface area contributed by atoms with E-state index in [9.17, 15) is 19.2 Å². The van der Waals surface area contributed by atoms with E-state index >= 15 is 0 Å². The van der Waals surface area contributed by atoms with Crippen molar-refractivity contribution in [1.29, 1.82) is 0 Å². The molecule has 2 aliphatic carbocycles. The van der Waals surface area contributed by atoms with Gasteiger partial charge in [-0.1, -0.05) is 13.8 Å². The molecule has 2 saturated heterocycles. The van der Waals surface area contributed by atoms with Gasteiger partial charge in [0, 0.05) is 5.92 Å². The second kappa shape index (κ2) is 8.27. The first-order valence-electron chi connectivity index (χ1n) is 9.59. The third-order valence-corrected chi connectivity index (χ3v) is 5.80. The Bertz CT molecular complexity index is 615. The van der Waals surface area contributed by atoms with E-state index < -0.39 is 43.3 Å². The van der Waals surface area contributed by atoms with Crippen molar-refractivity contribution in [3.63, 3.8) is 0 Å². The lowest BCUT2D eigenvalue weighted by Gasteiger charge is -2.41. The van der Waals surface area contributed by atoms with Gasteiger partial charge in [0.1, 0.15) is 12.2 Å². The van der Waals surface area contributed by atoms with Crippen LogP contribution in [0.3, 0.4) is 0 Å². The zero-order chi connectivity index (χ0) is 19.6. The van der Waals surface area contributed by atoms with Crippen molar-refractivity contribution in [3.8, 4) is 0 Å². The maximum Gasteiger partial charge on any atom is 0.344 e. The third kappa shape index (κ3) is 4.59. The van der Waals surface area contributed by atoms with E-state index in [2.05, 4.69) is 0 Å². The molecule has 0 amide bonds. The van der Waals surface area contributed by atoms with Gasteiger partial charge in [-0.25, -0.2) is 9.59 Å². The van der Waals surface area contributed by atoms with Crippen LogP contribution in [0.4, 0.5) is 0 Å². The van der Waals surface area contributed by atoms with E-state index in [1.54, 1.807) is 6.92 Å². The summed E-state index contributed by atoms with van der Waals surface area (Å²) in [7, 11) is 0. The van der Waals surface area contributed by atoms with Crippen LogP contribution in [0, 0.1) is 23.7 Å². The Morgan fingerprint density at radius 2 is 1.81 bits per heavy atom. The maximum absolute atomic E-state index is 12.1. The Morgan fingerprint density at radius 3 is 2.56 bits per heavy atom. The van der Waals surface area contributed by atoms with Crippen LogP contribution >= 0.6 is 0 Å². The number of carbonyl (C=O) groups is 4. The average Bonchev–Trinajstić information content (AvgIpc) is 2.81. The first-order chi connectivity index (χ1) is 12.9. The third-order valence-electron chi connectivity index (χ3n) is 5.80. The zero-order valence-electron chi connectivity index (χ0n) is 15.7. The highest BCUT2D eigenvalue weighted by Gasteiger charge is 2.51. The van der Waals surface area contributed by atoms with Crippen LogP contribution in [-0.2, 0) is 38.1 Å². The summed E-state index contributed by atoms with van der Waals surface area (Å²) in [6, 6.07) is 0. The summed E-state index contributed by atoms with van der Waals surface area (Å²) in [6.45, 7) is 2.44. The van der Waals surface area contributed by atoms with Crippen molar-refractivity contribution in [1.82, 2.24) is 0 Å². The molecule has 4 fully saturated rings. The first kappa shape index (κ1) is 19.6. The lowest BCUT2D eigenvalue weighted by molar-refractivity contribution is -0.179. The highest BCUT2D eigenvalue weighted by Crippen LogP contribution is 2.48. The van der Waals surface area contributed by atoms with E-state index in [1.165, 1.54) is 0 Å². The summed E-state index contributed by atoms with van der Waals surface area (Å²) in [5, 5.41) is 0. The number of hydrogen-bond acceptors (Lipinski definition) is 8. The zero-order valence-corrected chi connectivity index (χ0v) is 15.7. The van der Waals surface area contributed by atoms with E-state index in [0.717, 1.165) is 12.8 Å². The lowest BCUT2D eigenvalue weighted by Crippen LogP contribution is -2.45. The molecular weight excluding hydrogens is 356 g/mol. The van der Waals surface area contributed by atoms with Crippen molar-refractivity contribution in [2.75, 3.05) is 13.2 Å². The van der Waals surface area contributed by atoms with Crippen molar-refractivity contribution in [2.24, 2.45) is 23.7 Å². The summed E-state index contributed by atoms with van der Waals surface area (Å²) < 4.78 is 20.6. The monoisotopic (exact) mass is 382 g/mol. The SMILES string of the molecule is CCC(C)C(=O)OCC(=O)OCC(=O)OC1C2CC3CC(C2)C(=O)OC1C3. The summed E-state index contributed by atoms with van der Waals surface area (Å²) in [6.07, 6.45) is 2.88. The van der Waals surface area contributed by atoms with E-state index in [0.29, 0.717) is 25.2 Å². The molecule has 2 aliphatic heterocycles. The molecule has 150 valence electrons. The molecule has 8 nitrogen and oxygen atoms in total. The summed E-state index contributed by atoms with van der Waals surface area (Å²) >= 11 is 0. The maximum atomic E-state index is 12.1. The lowest BCUT2D eigenvalue weighted by atomic mass is 9.67. The molecule has 0 N–H and O–H groups in total. The minimum atomic E-state index is -0.808. The Hall–Kier alpha value is -2.12. The van der Waals surface area contributed by atoms with Gasteiger partial charge in [-0.3, -0.25) is 9.59 Å². The average molecular weight is 382 g/mol. The van der Waals surface area contributed by atoms with Gasteiger partial charge in [-0.15, -0.1) is 0 Å². The number of esters is 4. The van der Waals surface area contributed by atoms with Crippen LogP contribution in [0.5, 0.6) is 0 Å². The van der Waals surface area contributed by atoms with E-state index in [4.69, 9.17) is 18.9 Å².